The van der Waals surface area contributed by atoms with Gasteiger partial charge in [0.15, 0.2) is 0 Å². The molecule has 0 amide bonds. The number of carboxylic acid groups (broad SMARTS) is 1. The molecule has 126 valence electrons. The Morgan fingerprint density at radius 3 is 2.04 bits per heavy atom. The number of rotatable bonds is 4. The highest BCUT2D eigenvalue weighted by Gasteiger charge is 2.55. The normalized spacial score (nSPS) is 20.6. The molecule has 0 spiro atoms. The lowest BCUT2D eigenvalue weighted by Gasteiger charge is -2.32. The van der Waals surface area contributed by atoms with Gasteiger partial charge in [-0.2, -0.15) is 0 Å². The standard InChI is InChI=1S/C15H18BClF2O4/c1-14(2)15(3,4)23-16(22-14)9(7-12(20)21)13-10(18)5-8(17)6-11(13)19/h5-6,9H,7H2,1-4H3,(H,20,21). The molecule has 1 aromatic carbocycles. The average Bonchev–Trinajstić information content (AvgIpc) is 2.55. The summed E-state index contributed by atoms with van der Waals surface area (Å²) < 4.78 is 40.0. The van der Waals surface area contributed by atoms with Crippen LogP contribution in [0.5, 0.6) is 0 Å². The van der Waals surface area contributed by atoms with Crippen molar-refractivity contribution in [1.82, 2.24) is 0 Å². The number of hydrogen-bond donors (Lipinski definition) is 1. The van der Waals surface area contributed by atoms with E-state index in [0.717, 1.165) is 12.1 Å². The zero-order valence-electron chi connectivity index (χ0n) is 13.3. The van der Waals surface area contributed by atoms with Gasteiger partial charge in [-0.25, -0.2) is 8.78 Å². The van der Waals surface area contributed by atoms with Crippen molar-refractivity contribution in [3.8, 4) is 0 Å². The van der Waals surface area contributed by atoms with Crippen LogP contribution in [0.25, 0.3) is 0 Å². The van der Waals surface area contributed by atoms with Crippen molar-refractivity contribution in [3.63, 3.8) is 0 Å². The molecule has 23 heavy (non-hydrogen) atoms. The SMILES string of the molecule is CC1(C)OB(C(CC(=O)O)c2c(F)cc(Cl)cc2F)OC1(C)C. The number of carboxylic acids is 1. The van der Waals surface area contributed by atoms with Gasteiger partial charge < -0.3 is 14.4 Å². The van der Waals surface area contributed by atoms with Gasteiger partial charge in [-0.1, -0.05) is 11.6 Å². The molecule has 1 atom stereocenters. The van der Waals surface area contributed by atoms with Crippen LogP contribution in [-0.2, 0) is 14.1 Å². The third kappa shape index (κ3) is 3.51. The minimum Gasteiger partial charge on any atom is -0.481 e. The molecule has 2 rings (SSSR count). The fourth-order valence-corrected chi connectivity index (χ4v) is 2.67. The molecule has 0 aromatic heterocycles. The van der Waals surface area contributed by atoms with E-state index in [9.17, 15) is 13.6 Å². The molecule has 0 saturated carbocycles. The van der Waals surface area contributed by atoms with Crippen LogP contribution in [0.3, 0.4) is 0 Å². The van der Waals surface area contributed by atoms with Crippen LogP contribution < -0.4 is 0 Å². The third-order valence-corrected chi connectivity index (χ3v) is 4.63. The molecule has 4 nitrogen and oxygen atoms in total. The van der Waals surface area contributed by atoms with Crippen LogP contribution in [-0.4, -0.2) is 29.4 Å². The van der Waals surface area contributed by atoms with Gasteiger partial charge in [0.1, 0.15) is 11.6 Å². The molecule has 0 radical (unpaired) electrons. The Bertz CT molecular complexity index is 597. The van der Waals surface area contributed by atoms with Crippen molar-refractivity contribution in [2.45, 2.75) is 51.1 Å². The Morgan fingerprint density at radius 2 is 1.65 bits per heavy atom. The summed E-state index contributed by atoms with van der Waals surface area (Å²) in [4.78, 5) is 11.2. The number of aliphatic carboxylic acids is 1. The maximum absolute atomic E-state index is 14.2. The molecule has 0 bridgehead atoms. The quantitative estimate of drug-likeness (QED) is 0.842. The highest BCUT2D eigenvalue weighted by atomic mass is 35.5. The Kier molecular flexibility index (Phi) is 4.77. The molecular formula is C15H18BClF2O4. The first-order valence-corrected chi connectivity index (χ1v) is 7.54. The van der Waals surface area contributed by atoms with Crippen molar-refractivity contribution >= 4 is 24.7 Å². The summed E-state index contributed by atoms with van der Waals surface area (Å²) in [7, 11) is -1.08. The van der Waals surface area contributed by atoms with Gasteiger partial charge in [-0.15, -0.1) is 0 Å². The Labute approximate surface area is 138 Å². The predicted octanol–water partition coefficient (Wildman–Crippen LogP) is 3.81. The lowest BCUT2D eigenvalue weighted by Crippen LogP contribution is -2.41. The molecule has 1 heterocycles. The first kappa shape index (κ1) is 18.2. The average molecular weight is 347 g/mol. The molecule has 1 aromatic rings. The number of halogens is 3. The summed E-state index contributed by atoms with van der Waals surface area (Å²) in [6.45, 7) is 7.11. The summed E-state index contributed by atoms with van der Waals surface area (Å²) in [5.74, 6) is -4.18. The summed E-state index contributed by atoms with van der Waals surface area (Å²) >= 11 is 5.62. The maximum atomic E-state index is 14.2. The molecule has 0 aliphatic carbocycles. The summed E-state index contributed by atoms with van der Waals surface area (Å²) in [5, 5.41) is 9.02. The predicted molar refractivity (Wildman–Crippen MR) is 82.4 cm³/mol. The van der Waals surface area contributed by atoms with Gasteiger partial charge in [-0.3, -0.25) is 4.79 Å². The van der Waals surface area contributed by atoms with E-state index < -0.39 is 53.7 Å². The van der Waals surface area contributed by atoms with Crippen molar-refractivity contribution in [3.05, 3.63) is 34.4 Å². The van der Waals surface area contributed by atoms with Crippen LogP contribution in [0.4, 0.5) is 8.78 Å². The van der Waals surface area contributed by atoms with E-state index in [4.69, 9.17) is 26.0 Å². The molecule has 1 unspecified atom stereocenters. The van der Waals surface area contributed by atoms with Crippen molar-refractivity contribution < 1.29 is 28.0 Å². The fourth-order valence-electron chi connectivity index (χ4n) is 2.48. The van der Waals surface area contributed by atoms with Crippen LogP contribution in [0, 0.1) is 11.6 Å². The van der Waals surface area contributed by atoms with Gasteiger partial charge in [0.25, 0.3) is 0 Å². The molecular weight excluding hydrogens is 328 g/mol. The first-order valence-electron chi connectivity index (χ1n) is 7.16. The third-order valence-electron chi connectivity index (χ3n) is 4.41. The van der Waals surface area contributed by atoms with Gasteiger partial charge in [0.2, 0.25) is 0 Å². The second-order valence-corrected chi connectivity index (χ2v) is 7.05. The second kappa shape index (κ2) is 6.04. The maximum Gasteiger partial charge on any atom is 0.466 e. The van der Waals surface area contributed by atoms with Gasteiger partial charge in [0, 0.05) is 16.4 Å². The van der Waals surface area contributed by atoms with Gasteiger partial charge >= 0.3 is 13.1 Å². The number of carbonyl (C=O) groups is 1. The summed E-state index contributed by atoms with van der Waals surface area (Å²) in [6.07, 6.45) is -0.535. The molecule has 1 fully saturated rings. The van der Waals surface area contributed by atoms with Crippen LogP contribution in [0.15, 0.2) is 12.1 Å². The summed E-state index contributed by atoms with van der Waals surface area (Å²) in [5.41, 5.74) is -1.88. The Balaban J connectivity index is 2.46. The van der Waals surface area contributed by atoms with E-state index in [0.29, 0.717) is 0 Å². The highest BCUT2D eigenvalue weighted by Crippen LogP contribution is 2.42. The fraction of sp³-hybridized carbons (Fsp3) is 0.533. The van der Waals surface area contributed by atoms with E-state index >= 15 is 0 Å². The van der Waals surface area contributed by atoms with Gasteiger partial charge in [-0.05, 0) is 39.8 Å². The summed E-state index contributed by atoms with van der Waals surface area (Å²) in [6, 6.07) is 1.89. The van der Waals surface area contributed by atoms with E-state index in [2.05, 4.69) is 0 Å². The minimum absolute atomic E-state index is 0.105. The number of hydrogen-bond acceptors (Lipinski definition) is 3. The first-order chi connectivity index (χ1) is 10.4. The Hall–Kier alpha value is -1.18. The Morgan fingerprint density at radius 1 is 1.22 bits per heavy atom. The molecule has 1 N–H and O–H groups in total. The number of benzene rings is 1. The lowest BCUT2D eigenvalue weighted by molar-refractivity contribution is -0.137. The van der Waals surface area contributed by atoms with Crippen molar-refractivity contribution in [2.75, 3.05) is 0 Å². The molecule has 1 saturated heterocycles. The second-order valence-electron chi connectivity index (χ2n) is 6.61. The lowest BCUT2D eigenvalue weighted by atomic mass is 9.66. The van der Waals surface area contributed by atoms with E-state index in [1.165, 1.54) is 0 Å². The monoisotopic (exact) mass is 346 g/mol. The van der Waals surface area contributed by atoms with E-state index in [-0.39, 0.29) is 5.02 Å². The van der Waals surface area contributed by atoms with Crippen molar-refractivity contribution in [2.24, 2.45) is 0 Å². The van der Waals surface area contributed by atoms with Crippen LogP contribution in [0.1, 0.15) is 45.5 Å². The highest BCUT2D eigenvalue weighted by molar-refractivity contribution is 6.48. The van der Waals surface area contributed by atoms with Crippen molar-refractivity contribution in [1.29, 1.82) is 0 Å². The zero-order chi connectivity index (χ0) is 17.6. The largest absolute Gasteiger partial charge is 0.481 e. The van der Waals surface area contributed by atoms with Crippen LogP contribution in [0.2, 0.25) is 5.02 Å². The van der Waals surface area contributed by atoms with Crippen LogP contribution >= 0.6 is 11.6 Å². The molecule has 8 heteroatoms. The molecule has 1 aliphatic rings. The smallest absolute Gasteiger partial charge is 0.466 e. The van der Waals surface area contributed by atoms with E-state index in [1.54, 1.807) is 27.7 Å². The van der Waals surface area contributed by atoms with E-state index in [1.807, 2.05) is 0 Å². The van der Waals surface area contributed by atoms with Gasteiger partial charge in [0.05, 0.1) is 17.6 Å². The zero-order valence-corrected chi connectivity index (χ0v) is 14.1. The minimum atomic E-state index is -1.21. The topological polar surface area (TPSA) is 55.8 Å². The molecule has 1 aliphatic heterocycles.